The molecule has 0 spiro atoms. The van der Waals surface area contributed by atoms with Crippen molar-refractivity contribution in [2.24, 2.45) is 0 Å². The van der Waals surface area contributed by atoms with Crippen LogP contribution < -0.4 is 9.47 Å². The second-order valence-corrected chi connectivity index (χ2v) is 5.26. The molecule has 0 radical (unpaired) electrons. The van der Waals surface area contributed by atoms with Crippen molar-refractivity contribution >= 4 is 5.97 Å². The quantitative estimate of drug-likeness (QED) is 0.910. The maximum atomic E-state index is 11.9. The number of likely N-dealkylation sites (tertiary alicyclic amines) is 1. The van der Waals surface area contributed by atoms with Gasteiger partial charge in [0, 0.05) is 5.56 Å². The van der Waals surface area contributed by atoms with Gasteiger partial charge in [0.2, 0.25) is 0 Å². The minimum Gasteiger partial charge on any atom is -0.497 e. The number of carboxylic acids is 1. The molecule has 1 fully saturated rings. The monoisotopic (exact) mass is 279 g/mol. The van der Waals surface area contributed by atoms with E-state index in [9.17, 15) is 9.90 Å². The third-order valence-corrected chi connectivity index (χ3v) is 4.17. The average molecular weight is 279 g/mol. The number of methoxy groups -OCH3 is 2. The Morgan fingerprint density at radius 3 is 2.40 bits per heavy atom. The molecular weight excluding hydrogens is 258 g/mol. The van der Waals surface area contributed by atoms with Gasteiger partial charge >= 0.3 is 5.97 Å². The molecule has 5 heteroatoms. The minimum absolute atomic E-state index is 0.572. The number of aliphatic carboxylic acids is 1. The van der Waals surface area contributed by atoms with Gasteiger partial charge in [-0.25, -0.2) is 0 Å². The van der Waals surface area contributed by atoms with E-state index in [1.165, 1.54) is 0 Å². The SMILES string of the molecule is COc1ccc(OC)c(C2(C(=O)O)CCN(C)CC2)c1. The summed E-state index contributed by atoms with van der Waals surface area (Å²) in [5, 5.41) is 9.80. The largest absolute Gasteiger partial charge is 0.497 e. The zero-order valence-electron chi connectivity index (χ0n) is 12.2. The van der Waals surface area contributed by atoms with Gasteiger partial charge in [0.05, 0.1) is 19.6 Å². The summed E-state index contributed by atoms with van der Waals surface area (Å²) in [4.78, 5) is 14.1. The molecule has 0 unspecified atom stereocenters. The number of benzene rings is 1. The molecule has 5 nitrogen and oxygen atoms in total. The standard InChI is InChI=1S/C15H21NO4/c1-16-8-6-15(7-9-16,14(17)18)12-10-11(19-2)4-5-13(12)20-3/h4-5,10H,6-9H2,1-3H3,(H,17,18). The first-order valence-electron chi connectivity index (χ1n) is 6.68. The van der Waals surface area contributed by atoms with Crippen LogP contribution in [0.2, 0.25) is 0 Å². The lowest BCUT2D eigenvalue weighted by Crippen LogP contribution is -2.46. The number of ether oxygens (including phenoxy) is 2. The molecule has 1 aliphatic heterocycles. The first-order chi connectivity index (χ1) is 9.53. The molecule has 1 heterocycles. The summed E-state index contributed by atoms with van der Waals surface area (Å²) in [6.07, 6.45) is 1.14. The molecule has 1 aromatic rings. The maximum absolute atomic E-state index is 11.9. The highest BCUT2D eigenvalue weighted by atomic mass is 16.5. The van der Waals surface area contributed by atoms with Crippen molar-refractivity contribution < 1.29 is 19.4 Å². The van der Waals surface area contributed by atoms with Gasteiger partial charge in [-0.3, -0.25) is 4.79 Å². The van der Waals surface area contributed by atoms with Crippen LogP contribution in [0.3, 0.4) is 0 Å². The molecule has 2 rings (SSSR count). The van der Waals surface area contributed by atoms with E-state index in [0.29, 0.717) is 29.9 Å². The number of hydrogen-bond donors (Lipinski definition) is 1. The molecule has 0 amide bonds. The van der Waals surface area contributed by atoms with Crippen LogP contribution >= 0.6 is 0 Å². The summed E-state index contributed by atoms with van der Waals surface area (Å²) < 4.78 is 10.6. The van der Waals surface area contributed by atoms with E-state index in [0.717, 1.165) is 13.1 Å². The van der Waals surface area contributed by atoms with Crippen LogP contribution in [-0.2, 0) is 10.2 Å². The fraction of sp³-hybridized carbons (Fsp3) is 0.533. The van der Waals surface area contributed by atoms with Gasteiger partial charge in [0.25, 0.3) is 0 Å². The Morgan fingerprint density at radius 2 is 1.90 bits per heavy atom. The Bertz CT molecular complexity index is 493. The third-order valence-electron chi connectivity index (χ3n) is 4.17. The summed E-state index contributed by atoms with van der Waals surface area (Å²) in [7, 11) is 5.15. The van der Waals surface area contributed by atoms with Gasteiger partial charge in [-0.05, 0) is 51.2 Å². The maximum Gasteiger partial charge on any atom is 0.314 e. The average Bonchev–Trinajstić information content (AvgIpc) is 2.47. The highest BCUT2D eigenvalue weighted by molar-refractivity contribution is 5.83. The second kappa shape index (κ2) is 5.71. The molecule has 1 N–H and O–H groups in total. The van der Waals surface area contributed by atoms with Crippen LogP contribution in [0.1, 0.15) is 18.4 Å². The fourth-order valence-electron chi connectivity index (χ4n) is 2.79. The van der Waals surface area contributed by atoms with Crippen molar-refractivity contribution in [3.05, 3.63) is 23.8 Å². The molecule has 0 aromatic heterocycles. The predicted octanol–water partition coefficient (Wildman–Crippen LogP) is 1.75. The van der Waals surface area contributed by atoms with Gasteiger partial charge in [-0.1, -0.05) is 0 Å². The minimum atomic E-state index is -0.896. The van der Waals surface area contributed by atoms with Crippen LogP contribution in [0.4, 0.5) is 0 Å². The molecule has 0 aliphatic carbocycles. The lowest BCUT2D eigenvalue weighted by molar-refractivity contribution is -0.145. The Labute approximate surface area is 119 Å². The van der Waals surface area contributed by atoms with E-state index in [1.54, 1.807) is 32.4 Å². The smallest absolute Gasteiger partial charge is 0.314 e. The predicted molar refractivity (Wildman–Crippen MR) is 75.6 cm³/mol. The van der Waals surface area contributed by atoms with Gasteiger partial charge < -0.3 is 19.5 Å². The first kappa shape index (κ1) is 14.7. The topological polar surface area (TPSA) is 59.0 Å². The third kappa shape index (κ3) is 2.45. The van der Waals surface area contributed by atoms with E-state index in [2.05, 4.69) is 4.90 Å². The van der Waals surface area contributed by atoms with Crippen LogP contribution in [-0.4, -0.2) is 50.3 Å². The molecular formula is C15H21NO4. The van der Waals surface area contributed by atoms with Crippen molar-refractivity contribution in [3.8, 4) is 11.5 Å². The van der Waals surface area contributed by atoms with E-state index >= 15 is 0 Å². The van der Waals surface area contributed by atoms with Crippen molar-refractivity contribution in [2.45, 2.75) is 18.3 Å². The van der Waals surface area contributed by atoms with E-state index < -0.39 is 11.4 Å². The van der Waals surface area contributed by atoms with Crippen LogP contribution in [0.5, 0.6) is 11.5 Å². The van der Waals surface area contributed by atoms with Gasteiger partial charge in [-0.2, -0.15) is 0 Å². The van der Waals surface area contributed by atoms with E-state index in [4.69, 9.17) is 9.47 Å². The second-order valence-electron chi connectivity index (χ2n) is 5.26. The van der Waals surface area contributed by atoms with E-state index in [-0.39, 0.29) is 0 Å². The van der Waals surface area contributed by atoms with Crippen LogP contribution in [0, 0.1) is 0 Å². The summed E-state index contributed by atoms with van der Waals surface area (Å²) in [6, 6.07) is 5.35. The van der Waals surface area contributed by atoms with Crippen LogP contribution in [0.15, 0.2) is 18.2 Å². The Balaban J connectivity index is 2.51. The number of rotatable bonds is 4. The number of piperidine rings is 1. The lowest BCUT2D eigenvalue weighted by atomic mass is 9.72. The number of carbonyl (C=O) groups is 1. The Morgan fingerprint density at radius 1 is 1.25 bits per heavy atom. The van der Waals surface area contributed by atoms with Crippen molar-refractivity contribution in [2.75, 3.05) is 34.4 Å². The summed E-state index contributed by atoms with van der Waals surface area (Å²) in [5.74, 6) is 0.468. The number of hydrogen-bond acceptors (Lipinski definition) is 4. The molecule has 1 saturated heterocycles. The van der Waals surface area contributed by atoms with Crippen molar-refractivity contribution in [1.29, 1.82) is 0 Å². The normalized spacial score (nSPS) is 18.6. The molecule has 1 aromatic carbocycles. The number of carboxylic acid groups (broad SMARTS) is 1. The van der Waals surface area contributed by atoms with E-state index in [1.807, 2.05) is 7.05 Å². The van der Waals surface area contributed by atoms with Gasteiger partial charge in [0.15, 0.2) is 0 Å². The molecule has 0 saturated carbocycles. The zero-order chi connectivity index (χ0) is 14.8. The summed E-state index contributed by atoms with van der Waals surface area (Å²) in [5.41, 5.74) is -0.188. The summed E-state index contributed by atoms with van der Waals surface area (Å²) >= 11 is 0. The fourth-order valence-corrected chi connectivity index (χ4v) is 2.79. The Hall–Kier alpha value is -1.75. The molecule has 20 heavy (non-hydrogen) atoms. The van der Waals surface area contributed by atoms with Crippen molar-refractivity contribution in [1.82, 2.24) is 4.90 Å². The van der Waals surface area contributed by atoms with Gasteiger partial charge in [-0.15, -0.1) is 0 Å². The van der Waals surface area contributed by atoms with Crippen molar-refractivity contribution in [3.63, 3.8) is 0 Å². The first-order valence-corrected chi connectivity index (χ1v) is 6.68. The molecule has 1 aliphatic rings. The van der Waals surface area contributed by atoms with Crippen LogP contribution in [0.25, 0.3) is 0 Å². The lowest BCUT2D eigenvalue weighted by Gasteiger charge is -2.38. The summed E-state index contributed by atoms with van der Waals surface area (Å²) in [6.45, 7) is 1.51. The molecule has 0 bridgehead atoms. The van der Waals surface area contributed by atoms with Gasteiger partial charge in [0.1, 0.15) is 11.5 Å². The number of nitrogens with zero attached hydrogens (tertiary/aromatic N) is 1. The highest BCUT2D eigenvalue weighted by Crippen LogP contribution is 2.42. The molecule has 110 valence electrons. The highest BCUT2D eigenvalue weighted by Gasteiger charge is 2.44. The zero-order valence-corrected chi connectivity index (χ0v) is 12.2. The molecule has 0 atom stereocenters. The Kier molecular flexibility index (Phi) is 4.18.